The summed E-state index contributed by atoms with van der Waals surface area (Å²) in [6, 6.07) is 6.35. The van der Waals surface area contributed by atoms with Crippen LogP contribution in [0.3, 0.4) is 0 Å². The molecule has 6 nitrogen and oxygen atoms in total. The van der Waals surface area contributed by atoms with Crippen LogP contribution in [0.4, 0.5) is 4.39 Å². The Hall–Kier alpha value is -2.06. The van der Waals surface area contributed by atoms with Crippen LogP contribution in [0, 0.1) is 29.5 Å². The molecular formula is C23H32FN3O3S. The first-order chi connectivity index (χ1) is 14.7. The first-order valence-electron chi connectivity index (χ1n) is 10.9. The summed E-state index contributed by atoms with van der Waals surface area (Å²) >= 11 is 0. The van der Waals surface area contributed by atoms with E-state index in [2.05, 4.69) is 41.8 Å². The van der Waals surface area contributed by atoms with Crippen LogP contribution in [-0.4, -0.2) is 30.9 Å². The van der Waals surface area contributed by atoms with Crippen LogP contribution in [0.2, 0.25) is 0 Å². The maximum atomic E-state index is 14.0. The van der Waals surface area contributed by atoms with Crippen molar-refractivity contribution in [2.24, 2.45) is 23.7 Å². The minimum Gasteiger partial charge on any atom is -0.421 e. The van der Waals surface area contributed by atoms with Crippen molar-refractivity contribution in [1.82, 2.24) is 14.9 Å². The highest BCUT2D eigenvalue weighted by atomic mass is 32.2. The van der Waals surface area contributed by atoms with E-state index in [0.29, 0.717) is 42.7 Å². The van der Waals surface area contributed by atoms with Gasteiger partial charge >= 0.3 is 0 Å². The van der Waals surface area contributed by atoms with Gasteiger partial charge in [0.05, 0.1) is 11.3 Å². The van der Waals surface area contributed by atoms with E-state index in [1.54, 1.807) is 18.2 Å². The molecule has 0 saturated heterocycles. The number of hydrogen-bond donors (Lipinski definition) is 1. The summed E-state index contributed by atoms with van der Waals surface area (Å²) < 4.78 is 46.7. The maximum Gasteiger partial charge on any atom is 0.250 e. The Morgan fingerprint density at radius 2 is 2.00 bits per heavy atom. The fourth-order valence-corrected chi connectivity index (χ4v) is 5.49. The van der Waals surface area contributed by atoms with Crippen molar-refractivity contribution in [1.29, 1.82) is 0 Å². The predicted molar refractivity (Wildman–Crippen MR) is 119 cm³/mol. The standard InChI is InChI=1S/C23H32FN3O3S/c1-5-10-31(28,29)25-14-18-11-16(4)17(12-20(18)15(2)3)13-22-26-27-23(30-22)19-8-6-7-9-21(19)24/h6-9,11,15,17-18,20,25H,5,10,12-14H2,1-4H3. The number of nitrogens with zero attached hydrogens (tertiary/aromatic N) is 2. The van der Waals surface area contributed by atoms with Gasteiger partial charge in [-0.3, -0.25) is 0 Å². The molecule has 0 amide bonds. The van der Waals surface area contributed by atoms with E-state index in [1.165, 1.54) is 11.6 Å². The highest BCUT2D eigenvalue weighted by Gasteiger charge is 2.33. The molecule has 3 rings (SSSR count). The van der Waals surface area contributed by atoms with E-state index < -0.39 is 10.0 Å². The lowest BCUT2D eigenvalue weighted by Gasteiger charge is -2.37. The Balaban J connectivity index is 1.73. The van der Waals surface area contributed by atoms with E-state index in [1.807, 2.05) is 6.92 Å². The van der Waals surface area contributed by atoms with Crippen molar-refractivity contribution in [2.45, 2.75) is 47.0 Å². The molecule has 1 aromatic heterocycles. The predicted octanol–water partition coefficient (Wildman–Crippen LogP) is 4.60. The second-order valence-electron chi connectivity index (χ2n) is 8.77. The van der Waals surface area contributed by atoms with Gasteiger partial charge in [-0.05, 0) is 55.6 Å². The third kappa shape index (κ3) is 6.01. The van der Waals surface area contributed by atoms with E-state index in [0.717, 1.165) is 6.42 Å². The monoisotopic (exact) mass is 449 g/mol. The minimum atomic E-state index is -3.23. The number of aromatic nitrogens is 2. The number of hydrogen-bond acceptors (Lipinski definition) is 5. The molecule has 0 bridgehead atoms. The normalized spacial score (nSPS) is 22.0. The molecular weight excluding hydrogens is 417 g/mol. The van der Waals surface area contributed by atoms with Crippen molar-refractivity contribution in [3.8, 4) is 11.5 Å². The average molecular weight is 450 g/mol. The minimum absolute atomic E-state index is 0.152. The third-order valence-corrected chi connectivity index (χ3v) is 7.64. The van der Waals surface area contributed by atoms with Crippen molar-refractivity contribution in [3.63, 3.8) is 0 Å². The summed E-state index contributed by atoms with van der Waals surface area (Å²) in [7, 11) is -3.23. The quantitative estimate of drug-likeness (QED) is 0.566. The van der Waals surface area contributed by atoms with Crippen molar-refractivity contribution < 1.29 is 17.2 Å². The van der Waals surface area contributed by atoms with Gasteiger partial charge in [-0.1, -0.05) is 44.6 Å². The number of sulfonamides is 1. The van der Waals surface area contributed by atoms with Crippen LogP contribution in [0.1, 0.15) is 46.4 Å². The zero-order chi connectivity index (χ0) is 22.6. The van der Waals surface area contributed by atoms with Gasteiger partial charge in [0.1, 0.15) is 5.82 Å². The second-order valence-corrected chi connectivity index (χ2v) is 10.7. The van der Waals surface area contributed by atoms with Crippen molar-refractivity contribution in [3.05, 3.63) is 47.6 Å². The number of benzene rings is 1. The van der Waals surface area contributed by atoms with Gasteiger partial charge in [-0.15, -0.1) is 10.2 Å². The zero-order valence-corrected chi connectivity index (χ0v) is 19.5. The van der Waals surface area contributed by atoms with Crippen LogP contribution in [0.15, 0.2) is 40.3 Å². The van der Waals surface area contributed by atoms with Crippen LogP contribution >= 0.6 is 0 Å². The molecule has 0 spiro atoms. The molecule has 0 saturated carbocycles. The van der Waals surface area contributed by atoms with Crippen LogP contribution in [-0.2, 0) is 16.4 Å². The first kappa shape index (κ1) is 23.6. The van der Waals surface area contributed by atoms with Crippen molar-refractivity contribution in [2.75, 3.05) is 12.3 Å². The number of allylic oxidation sites excluding steroid dienone is 1. The lowest BCUT2D eigenvalue weighted by atomic mass is 9.70. The summed E-state index contributed by atoms with van der Waals surface area (Å²) in [4.78, 5) is 0. The van der Waals surface area contributed by atoms with Gasteiger partial charge in [0.15, 0.2) is 0 Å². The summed E-state index contributed by atoms with van der Waals surface area (Å²) in [5.41, 5.74) is 1.50. The summed E-state index contributed by atoms with van der Waals surface area (Å²) in [5.74, 6) is 1.56. The SMILES string of the molecule is CCCS(=O)(=O)NCC1C=C(C)C(Cc2nnc(-c3ccccc3F)o2)CC1C(C)C. The molecule has 2 aromatic rings. The first-order valence-corrected chi connectivity index (χ1v) is 12.6. The number of rotatable bonds is 9. The summed E-state index contributed by atoms with van der Waals surface area (Å²) in [6.07, 6.45) is 4.30. The fraction of sp³-hybridized carbons (Fsp3) is 0.565. The van der Waals surface area contributed by atoms with E-state index in [9.17, 15) is 12.8 Å². The molecule has 3 unspecified atom stereocenters. The lowest BCUT2D eigenvalue weighted by molar-refractivity contribution is 0.223. The van der Waals surface area contributed by atoms with E-state index in [4.69, 9.17) is 4.42 Å². The number of nitrogens with one attached hydrogen (secondary N) is 1. The van der Waals surface area contributed by atoms with Gasteiger partial charge in [0.25, 0.3) is 5.89 Å². The van der Waals surface area contributed by atoms with Gasteiger partial charge in [0, 0.05) is 13.0 Å². The molecule has 1 heterocycles. The Bertz CT molecular complexity index is 1020. The molecule has 1 aromatic carbocycles. The van der Waals surface area contributed by atoms with Crippen LogP contribution in [0.5, 0.6) is 0 Å². The van der Waals surface area contributed by atoms with Crippen LogP contribution < -0.4 is 4.72 Å². The maximum absolute atomic E-state index is 14.0. The third-order valence-electron chi connectivity index (χ3n) is 6.09. The molecule has 0 aliphatic heterocycles. The molecule has 8 heteroatoms. The molecule has 0 radical (unpaired) electrons. The molecule has 170 valence electrons. The Morgan fingerprint density at radius 1 is 1.26 bits per heavy atom. The Morgan fingerprint density at radius 3 is 2.68 bits per heavy atom. The average Bonchev–Trinajstić information content (AvgIpc) is 3.16. The second kappa shape index (κ2) is 10.0. The highest BCUT2D eigenvalue weighted by Crippen LogP contribution is 2.39. The van der Waals surface area contributed by atoms with Gasteiger partial charge in [-0.25, -0.2) is 17.5 Å². The van der Waals surface area contributed by atoms with E-state index >= 15 is 0 Å². The van der Waals surface area contributed by atoms with Crippen molar-refractivity contribution >= 4 is 10.0 Å². The summed E-state index contributed by atoms with van der Waals surface area (Å²) in [5, 5.41) is 8.17. The topological polar surface area (TPSA) is 85.1 Å². The molecule has 1 aliphatic rings. The largest absolute Gasteiger partial charge is 0.421 e. The van der Waals surface area contributed by atoms with Gasteiger partial charge in [0.2, 0.25) is 15.9 Å². The highest BCUT2D eigenvalue weighted by molar-refractivity contribution is 7.89. The molecule has 31 heavy (non-hydrogen) atoms. The van der Waals surface area contributed by atoms with Crippen LogP contribution in [0.25, 0.3) is 11.5 Å². The Labute approximate surface area is 184 Å². The molecule has 3 atom stereocenters. The zero-order valence-electron chi connectivity index (χ0n) is 18.6. The lowest BCUT2D eigenvalue weighted by Crippen LogP contribution is -2.37. The molecule has 1 aliphatic carbocycles. The van der Waals surface area contributed by atoms with E-state index in [-0.39, 0.29) is 29.3 Å². The molecule has 0 fully saturated rings. The smallest absolute Gasteiger partial charge is 0.250 e. The molecule has 1 N–H and O–H groups in total. The van der Waals surface area contributed by atoms with Gasteiger partial charge in [-0.2, -0.15) is 0 Å². The Kier molecular flexibility index (Phi) is 7.64. The summed E-state index contributed by atoms with van der Waals surface area (Å²) in [6.45, 7) is 8.70. The fourth-order valence-electron chi connectivity index (χ4n) is 4.36. The van der Waals surface area contributed by atoms with Gasteiger partial charge < -0.3 is 4.42 Å². The number of halogens is 1.